The van der Waals surface area contributed by atoms with Gasteiger partial charge in [-0.3, -0.25) is 0 Å². The first kappa shape index (κ1) is 6.94. The first-order valence-corrected chi connectivity index (χ1v) is 5.92. The van der Waals surface area contributed by atoms with Crippen LogP contribution in [-0.4, -0.2) is 4.83 Å². The Morgan fingerprint density at radius 1 is 0.909 bits per heavy atom. The van der Waals surface area contributed by atoms with Crippen molar-refractivity contribution in [2.45, 2.75) is 36.9 Å². The Morgan fingerprint density at radius 2 is 1.73 bits per heavy atom. The summed E-state index contributed by atoms with van der Waals surface area (Å²) in [5.41, 5.74) is 0. The molecule has 0 amide bonds. The van der Waals surface area contributed by atoms with Crippen LogP contribution in [0.25, 0.3) is 0 Å². The lowest BCUT2D eigenvalue weighted by molar-refractivity contribution is 0.264. The highest BCUT2D eigenvalue weighted by Crippen LogP contribution is 2.60. The van der Waals surface area contributed by atoms with Gasteiger partial charge < -0.3 is 0 Å². The van der Waals surface area contributed by atoms with Gasteiger partial charge in [-0.1, -0.05) is 15.9 Å². The molecule has 1 heteroatoms. The van der Waals surface area contributed by atoms with Gasteiger partial charge in [-0.05, 0) is 55.8 Å². The minimum Gasteiger partial charge on any atom is -0.0887 e. The molecule has 11 heavy (non-hydrogen) atoms. The SMILES string of the molecule is Br[C@@H]1CC[C@@H]2[C@@H]3CC[C@@H](C3)[C@@H]21. The zero-order chi connectivity index (χ0) is 7.42. The van der Waals surface area contributed by atoms with Gasteiger partial charge in [-0.25, -0.2) is 0 Å². The molecule has 3 fully saturated rings. The van der Waals surface area contributed by atoms with Gasteiger partial charge in [0.15, 0.2) is 0 Å². The minimum absolute atomic E-state index is 0.891. The van der Waals surface area contributed by atoms with Gasteiger partial charge in [0.25, 0.3) is 0 Å². The fourth-order valence-corrected chi connectivity index (χ4v) is 5.08. The van der Waals surface area contributed by atoms with E-state index in [2.05, 4.69) is 15.9 Å². The second kappa shape index (κ2) is 2.25. The van der Waals surface area contributed by atoms with Crippen LogP contribution in [-0.2, 0) is 0 Å². The van der Waals surface area contributed by atoms with E-state index in [1.165, 1.54) is 12.8 Å². The van der Waals surface area contributed by atoms with Crippen molar-refractivity contribution in [3.63, 3.8) is 0 Å². The first-order valence-electron chi connectivity index (χ1n) is 5.00. The maximum atomic E-state index is 3.85. The fraction of sp³-hybridized carbons (Fsp3) is 1.00. The summed E-state index contributed by atoms with van der Waals surface area (Å²) in [6, 6.07) is 0. The summed E-state index contributed by atoms with van der Waals surface area (Å²) in [5, 5.41) is 0. The van der Waals surface area contributed by atoms with Crippen molar-refractivity contribution in [1.82, 2.24) is 0 Å². The molecule has 0 saturated heterocycles. The van der Waals surface area contributed by atoms with Crippen molar-refractivity contribution in [2.24, 2.45) is 23.7 Å². The molecule has 0 aromatic carbocycles. The molecule has 0 aromatic rings. The van der Waals surface area contributed by atoms with Crippen LogP contribution >= 0.6 is 15.9 Å². The first-order chi connectivity index (χ1) is 5.36. The molecule has 0 heterocycles. The Morgan fingerprint density at radius 3 is 2.55 bits per heavy atom. The van der Waals surface area contributed by atoms with Crippen molar-refractivity contribution in [1.29, 1.82) is 0 Å². The lowest BCUT2D eigenvalue weighted by Crippen LogP contribution is -2.21. The summed E-state index contributed by atoms with van der Waals surface area (Å²) in [6.07, 6.45) is 7.68. The van der Waals surface area contributed by atoms with Crippen molar-refractivity contribution >= 4 is 15.9 Å². The molecule has 3 aliphatic carbocycles. The molecular weight excluding hydrogens is 200 g/mol. The number of alkyl halides is 1. The molecule has 5 atom stereocenters. The minimum atomic E-state index is 0.891. The Bertz CT molecular complexity index is 178. The maximum absolute atomic E-state index is 3.85. The Balaban J connectivity index is 1.91. The van der Waals surface area contributed by atoms with Gasteiger partial charge in [0.05, 0.1) is 0 Å². The number of fused-ring (bicyclic) bond motifs is 5. The van der Waals surface area contributed by atoms with Crippen molar-refractivity contribution in [2.75, 3.05) is 0 Å². The van der Waals surface area contributed by atoms with E-state index in [1.54, 1.807) is 19.3 Å². The smallest absolute Gasteiger partial charge is 0.0179 e. The highest BCUT2D eigenvalue weighted by atomic mass is 79.9. The van der Waals surface area contributed by atoms with Crippen LogP contribution in [0.3, 0.4) is 0 Å². The van der Waals surface area contributed by atoms with E-state index in [0.717, 1.165) is 28.5 Å². The third kappa shape index (κ3) is 0.811. The molecule has 0 nitrogen and oxygen atoms in total. The molecular formula is C10H15Br. The molecule has 0 aromatic heterocycles. The Hall–Kier alpha value is 0.480. The summed E-state index contributed by atoms with van der Waals surface area (Å²) in [5.74, 6) is 4.50. The van der Waals surface area contributed by atoms with E-state index in [0.29, 0.717) is 0 Å². The molecule has 62 valence electrons. The second-order valence-electron chi connectivity index (χ2n) is 4.67. The molecule has 3 saturated carbocycles. The van der Waals surface area contributed by atoms with Gasteiger partial charge >= 0.3 is 0 Å². The summed E-state index contributed by atoms with van der Waals surface area (Å²) in [7, 11) is 0. The van der Waals surface area contributed by atoms with Gasteiger partial charge in [-0.15, -0.1) is 0 Å². The number of halogens is 1. The van der Waals surface area contributed by atoms with E-state index >= 15 is 0 Å². The van der Waals surface area contributed by atoms with Crippen LogP contribution in [0.5, 0.6) is 0 Å². The molecule has 2 bridgehead atoms. The molecule has 0 unspecified atom stereocenters. The van der Waals surface area contributed by atoms with Crippen LogP contribution < -0.4 is 0 Å². The van der Waals surface area contributed by atoms with Crippen LogP contribution in [0.15, 0.2) is 0 Å². The topological polar surface area (TPSA) is 0 Å². The zero-order valence-corrected chi connectivity index (χ0v) is 8.39. The van der Waals surface area contributed by atoms with Gasteiger partial charge in [0.2, 0.25) is 0 Å². The van der Waals surface area contributed by atoms with Gasteiger partial charge in [0.1, 0.15) is 0 Å². The summed E-state index contributed by atoms with van der Waals surface area (Å²) >= 11 is 3.85. The standard InChI is InChI=1S/C10H15Br/c11-9-4-3-8-6-1-2-7(5-6)10(8)9/h6-10H,1-5H2/t6-,7+,8-,9-,10+/m1/s1. The highest BCUT2D eigenvalue weighted by Gasteiger charge is 2.52. The van der Waals surface area contributed by atoms with Gasteiger partial charge in [0, 0.05) is 4.83 Å². The third-order valence-corrected chi connectivity index (χ3v) is 5.42. The predicted molar refractivity (Wildman–Crippen MR) is 49.8 cm³/mol. The molecule has 0 spiro atoms. The molecule has 0 radical (unpaired) electrons. The summed E-state index contributed by atoms with van der Waals surface area (Å²) < 4.78 is 0. The van der Waals surface area contributed by atoms with Crippen molar-refractivity contribution < 1.29 is 0 Å². The van der Waals surface area contributed by atoms with Crippen LogP contribution in [0, 0.1) is 23.7 Å². The zero-order valence-electron chi connectivity index (χ0n) is 6.80. The largest absolute Gasteiger partial charge is 0.0887 e. The van der Waals surface area contributed by atoms with Crippen molar-refractivity contribution in [3.05, 3.63) is 0 Å². The molecule has 0 aliphatic heterocycles. The van der Waals surface area contributed by atoms with E-state index in [9.17, 15) is 0 Å². The third-order valence-electron chi connectivity index (χ3n) is 4.35. The molecule has 0 N–H and O–H groups in total. The number of hydrogen-bond donors (Lipinski definition) is 0. The lowest BCUT2D eigenvalue weighted by atomic mass is 9.82. The highest BCUT2D eigenvalue weighted by molar-refractivity contribution is 9.09. The quantitative estimate of drug-likeness (QED) is 0.544. The Labute approximate surface area is 76.9 Å². The number of rotatable bonds is 0. The van der Waals surface area contributed by atoms with E-state index in [-0.39, 0.29) is 0 Å². The monoisotopic (exact) mass is 214 g/mol. The van der Waals surface area contributed by atoms with Crippen LogP contribution in [0.2, 0.25) is 0 Å². The van der Waals surface area contributed by atoms with E-state index in [1.807, 2.05) is 0 Å². The lowest BCUT2D eigenvalue weighted by Gasteiger charge is -2.26. The van der Waals surface area contributed by atoms with Gasteiger partial charge in [-0.2, -0.15) is 0 Å². The predicted octanol–water partition coefficient (Wildman–Crippen LogP) is 3.21. The summed E-state index contributed by atoms with van der Waals surface area (Å²) in [6.45, 7) is 0. The molecule has 3 aliphatic rings. The van der Waals surface area contributed by atoms with E-state index < -0.39 is 0 Å². The number of hydrogen-bond acceptors (Lipinski definition) is 0. The second-order valence-corrected chi connectivity index (χ2v) is 5.84. The average Bonchev–Trinajstić information content (AvgIpc) is 2.60. The molecule has 3 rings (SSSR count). The fourth-order valence-electron chi connectivity index (χ4n) is 3.99. The van der Waals surface area contributed by atoms with E-state index in [4.69, 9.17) is 0 Å². The Kier molecular flexibility index (Phi) is 1.42. The normalized spacial score (nSPS) is 60.3. The van der Waals surface area contributed by atoms with Crippen molar-refractivity contribution in [3.8, 4) is 0 Å². The summed E-state index contributed by atoms with van der Waals surface area (Å²) in [4.78, 5) is 0.891. The van der Waals surface area contributed by atoms with Crippen LogP contribution in [0.1, 0.15) is 32.1 Å². The maximum Gasteiger partial charge on any atom is 0.0179 e. The average molecular weight is 215 g/mol. The van der Waals surface area contributed by atoms with Crippen LogP contribution in [0.4, 0.5) is 0 Å².